The fourth-order valence-corrected chi connectivity index (χ4v) is 0.329. The summed E-state index contributed by atoms with van der Waals surface area (Å²) < 4.78 is 0. The Balaban J connectivity index is -0.000000180. The van der Waals surface area contributed by atoms with Gasteiger partial charge in [0.2, 0.25) is 0 Å². The third-order valence-corrected chi connectivity index (χ3v) is 0.642. The number of hydrogen-bond acceptors (Lipinski definition) is 3. The summed E-state index contributed by atoms with van der Waals surface area (Å²) in [6.07, 6.45) is 0. The van der Waals surface area contributed by atoms with Crippen LogP contribution < -0.4 is 46.3 Å². The van der Waals surface area contributed by atoms with Gasteiger partial charge < -0.3 is 18.2 Å². The number of hydrogen-bond donors (Lipinski definition) is 3. The molecule has 5 N–H and O–H groups in total. The minimum Gasteiger partial charge on any atom is -1.00 e. The third-order valence-electron chi connectivity index (χ3n) is 0.642. The molecule has 0 amide bonds. The molecule has 0 aromatic carbocycles. The van der Waals surface area contributed by atoms with Crippen molar-refractivity contribution in [1.29, 1.82) is 0 Å². The molecule has 0 spiro atoms. The van der Waals surface area contributed by atoms with Crippen LogP contribution in [0, 0.1) is 0 Å². The molecule has 0 aliphatic carbocycles. The van der Waals surface area contributed by atoms with E-state index in [0.29, 0.717) is 13.1 Å². The molecular weight excluding hydrogens is 113 g/mol. The Morgan fingerprint density at radius 1 is 1.12 bits per heavy atom. The molecule has 0 radical (unpaired) electrons. The van der Waals surface area contributed by atoms with E-state index in [1.54, 1.807) is 0 Å². The summed E-state index contributed by atoms with van der Waals surface area (Å²) in [5, 5.41) is 3.03. The van der Waals surface area contributed by atoms with E-state index in [9.17, 15) is 0 Å². The van der Waals surface area contributed by atoms with Crippen molar-refractivity contribution in [3.8, 4) is 0 Å². The molecule has 0 aromatic rings. The minimum atomic E-state index is 0. The van der Waals surface area contributed by atoms with Gasteiger partial charge in [-0.15, -0.1) is 0 Å². The van der Waals surface area contributed by atoms with Crippen molar-refractivity contribution in [3.05, 3.63) is 0 Å². The zero-order chi connectivity index (χ0) is 5.54. The molecule has 0 fully saturated rings. The van der Waals surface area contributed by atoms with Crippen molar-refractivity contribution in [2.45, 2.75) is 0 Å². The molecule has 0 aliphatic heterocycles. The predicted octanol–water partition coefficient (Wildman–Crippen LogP) is -4.39. The topological polar surface area (TPSA) is 64.1 Å². The average Bonchev–Trinajstić information content (AvgIpc) is 1.69. The van der Waals surface area contributed by atoms with Crippen LogP contribution >= 0.6 is 0 Å². The smallest absolute Gasteiger partial charge is 1.00 e. The fraction of sp³-hybridized carbons (Fsp3) is 1.00. The first kappa shape index (κ1) is 11.6. The zero-order valence-electron chi connectivity index (χ0n) is 6.48. The maximum atomic E-state index is 5.17. The largest absolute Gasteiger partial charge is 1.00 e. The van der Waals surface area contributed by atoms with Crippen molar-refractivity contribution in [1.82, 2.24) is 5.32 Å². The molecule has 3 nitrogen and oxygen atoms in total. The number of nitrogens with two attached hydrogens (primary N) is 2. The Morgan fingerprint density at radius 2 is 1.50 bits per heavy atom. The molecule has 0 rings (SSSR count). The van der Waals surface area contributed by atoms with Crippen LogP contribution in [0.1, 0.15) is 1.43 Å². The van der Waals surface area contributed by atoms with Gasteiger partial charge in [0.25, 0.3) is 0 Å². The number of rotatable bonds is 4. The second kappa shape index (κ2) is 10.8. The summed E-state index contributed by atoms with van der Waals surface area (Å²) in [5.41, 5.74) is 10.3. The Morgan fingerprint density at radius 3 is 1.75 bits per heavy atom. The third kappa shape index (κ3) is 9.99. The van der Waals surface area contributed by atoms with Crippen molar-refractivity contribution in [2.24, 2.45) is 11.5 Å². The van der Waals surface area contributed by atoms with Gasteiger partial charge in [0, 0.05) is 26.2 Å². The fourth-order valence-electron chi connectivity index (χ4n) is 0.329. The quantitative estimate of drug-likeness (QED) is 0.264. The van der Waals surface area contributed by atoms with Crippen LogP contribution in [0.4, 0.5) is 0 Å². The minimum absolute atomic E-state index is 0. The average molecular weight is 127 g/mol. The van der Waals surface area contributed by atoms with Crippen LogP contribution in [0.25, 0.3) is 0 Å². The van der Waals surface area contributed by atoms with E-state index in [1.807, 2.05) is 0 Å². The van der Waals surface area contributed by atoms with Gasteiger partial charge in [-0.3, -0.25) is 0 Å². The SMILES string of the molecule is NCCNCCN.[H-].[Na+]. The van der Waals surface area contributed by atoms with Crippen LogP contribution in [0.5, 0.6) is 0 Å². The molecule has 0 unspecified atom stereocenters. The molecule has 0 bridgehead atoms. The van der Waals surface area contributed by atoms with Crippen LogP contribution in [-0.4, -0.2) is 26.2 Å². The van der Waals surface area contributed by atoms with E-state index in [4.69, 9.17) is 11.5 Å². The Hall–Kier alpha value is 0.880. The molecule has 0 heterocycles. The van der Waals surface area contributed by atoms with Crippen LogP contribution in [0.15, 0.2) is 0 Å². The maximum Gasteiger partial charge on any atom is 1.00 e. The summed E-state index contributed by atoms with van der Waals surface area (Å²) in [5.74, 6) is 0. The van der Waals surface area contributed by atoms with E-state index < -0.39 is 0 Å². The summed E-state index contributed by atoms with van der Waals surface area (Å²) in [4.78, 5) is 0. The van der Waals surface area contributed by atoms with Crippen molar-refractivity contribution in [2.75, 3.05) is 26.2 Å². The second-order valence-electron chi connectivity index (χ2n) is 1.33. The number of nitrogens with one attached hydrogen (secondary N) is 1. The molecule has 46 valence electrons. The molecule has 0 atom stereocenters. The molecule has 0 saturated heterocycles. The zero-order valence-corrected chi connectivity index (χ0v) is 7.48. The van der Waals surface area contributed by atoms with Gasteiger partial charge in [-0.25, -0.2) is 0 Å². The van der Waals surface area contributed by atoms with Crippen LogP contribution in [0.3, 0.4) is 0 Å². The summed E-state index contributed by atoms with van der Waals surface area (Å²) in [7, 11) is 0. The first-order valence-corrected chi connectivity index (χ1v) is 2.52. The molecule has 0 aliphatic rings. The Labute approximate surface area is 74.0 Å². The van der Waals surface area contributed by atoms with Gasteiger partial charge in [0.15, 0.2) is 0 Å². The summed E-state index contributed by atoms with van der Waals surface area (Å²) >= 11 is 0. The molecule has 0 saturated carbocycles. The first-order chi connectivity index (χ1) is 3.41. The van der Waals surface area contributed by atoms with E-state index in [2.05, 4.69) is 5.32 Å². The van der Waals surface area contributed by atoms with Gasteiger partial charge in [-0.1, -0.05) is 0 Å². The summed E-state index contributed by atoms with van der Waals surface area (Å²) in [6.45, 7) is 3.13. The van der Waals surface area contributed by atoms with Gasteiger partial charge in [0.1, 0.15) is 0 Å². The van der Waals surface area contributed by atoms with E-state index in [-0.39, 0.29) is 31.0 Å². The van der Waals surface area contributed by atoms with Crippen molar-refractivity contribution in [3.63, 3.8) is 0 Å². The van der Waals surface area contributed by atoms with Crippen molar-refractivity contribution < 1.29 is 31.0 Å². The standard InChI is InChI=1S/C4H13N3.Na.H/c5-1-3-7-4-2-6;;/h7H,1-6H2;;/q;+1;-1. The first-order valence-electron chi connectivity index (χ1n) is 2.52. The van der Waals surface area contributed by atoms with Crippen LogP contribution in [-0.2, 0) is 0 Å². The normalized spacial score (nSPS) is 8.25. The Bertz CT molecular complexity index is 35.0. The monoisotopic (exact) mass is 127 g/mol. The molecular formula is C4H14N3Na. The van der Waals surface area contributed by atoms with E-state index in [1.165, 1.54) is 0 Å². The molecule has 0 aromatic heterocycles. The van der Waals surface area contributed by atoms with Gasteiger partial charge in [-0.05, 0) is 0 Å². The second-order valence-corrected chi connectivity index (χ2v) is 1.33. The van der Waals surface area contributed by atoms with Gasteiger partial charge in [-0.2, -0.15) is 0 Å². The van der Waals surface area contributed by atoms with Gasteiger partial charge in [0.05, 0.1) is 0 Å². The van der Waals surface area contributed by atoms with Gasteiger partial charge >= 0.3 is 29.6 Å². The van der Waals surface area contributed by atoms with E-state index >= 15 is 0 Å². The van der Waals surface area contributed by atoms with E-state index in [0.717, 1.165) is 13.1 Å². The molecule has 8 heavy (non-hydrogen) atoms. The Kier molecular flexibility index (Phi) is 15.7. The maximum absolute atomic E-state index is 5.17. The molecule has 4 heteroatoms. The summed E-state index contributed by atoms with van der Waals surface area (Å²) in [6, 6.07) is 0. The van der Waals surface area contributed by atoms with Crippen molar-refractivity contribution >= 4 is 0 Å². The van der Waals surface area contributed by atoms with Crippen LogP contribution in [0.2, 0.25) is 0 Å². The predicted molar refractivity (Wildman–Crippen MR) is 32.1 cm³/mol.